The van der Waals surface area contributed by atoms with E-state index in [1.807, 2.05) is 0 Å². The number of rotatable bonds is 6. The third-order valence-corrected chi connectivity index (χ3v) is 3.50. The van der Waals surface area contributed by atoms with Gasteiger partial charge in [-0.15, -0.1) is 0 Å². The summed E-state index contributed by atoms with van der Waals surface area (Å²) in [7, 11) is -1.25. The van der Waals surface area contributed by atoms with Crippen LogP contribution in [0.3, 0.4) is 0 Å². The molecule has 6 heteroatoms. The molecular weight excluding hydrogens is 243 g/mol. The van der Waals surface area contributed by atoms with Gasteiger partial charge in [-0.1, -0.05) is 0 Å². The highest BCUT2D eigenvalue weighted by atomic mass is 32.2. The van der Waals surface area contributed by atoms with Crippen molar-refractivity contribution < 1.29 is 12.8 Å². The Labute approximate surface area is 101 Å². The minimum Gasteiger partial charge on any atom is -0.312 e. The molecule has 0 radical (unpaired) electrons. The van der Waals surface area contributed by atoms with Crippen LogP contribution < -0.4 is 5.32 Å². The maximum Gasteiger partial charge on any atom is 0.147 e. The fraction of sp³-hybridized carbons (Fsp3) is 0.545. The van der Waals surface area contributed by atoms with Crippen LogP contribution in [0.1, 0.15) is 24.6 Å². The predicted molar refractivity (Wildman–Crippen MR) is 64.9 cm³/mol. The van der Waals surface area contributed by atoms with Gasteiger partial charge in [-0.25, -0.2) is 12.8 Å². The van der Waals surface area contributed by atoms with Gasteiger partial charge in [-0.3, -0.25) is 4.98 Å². The number of pyridine rings is 1. The van der Waals surface area contributed by atoms with E-state index in [0.717, 1.165) is 0 Å². The lowest BCUT2D eigenvalue weighted by Gasteiger charge is -2.15. The van der Waals surface area contributed by atoms with Crippen molar-refractivity contribution in [1.29, 1.82) is 0 Å². The summed E-state index contributed by atoms with van der Waals surface area (Å²) in [5.74, 6) is -0.259. The second-order valence-corrected chi connectivity index (χ2v) is 6.24. The van der Waals surface area contributed by atoms with Crippen LogP contribution in [0.25, 0.3) is 0 Å². The molecule has 1 rings (SSSR count). The molecule has 0 aliphatic heterocycles. The first-order valence-electron chi connectivity index (χ1n) is 5.39. The van der Waals surface area contributed by atoms with Crippen molar-refractivity contribution in [2.24, 2.45) is 0 Å². The van der Waals surface area contributed by atoms with Crippen molar-refractivity contribution in [3.63, 3.8) is 0 Å². The highest BCUT2D eigenvalue weighted by Crippen LogP contribution is 2.18. The van der Waals surface area contributed by atoms with Gasteiger partial charge in [0, 0.05) is 18.2 Å². The fourth-order valence-corrected chi connectivity index (χ4v) is 2.31. The second-order valence-electron chi connectivity index (χ2n) is 3.98. The largest absolute Gasteiger partial charge is 0.312 e. The molecule has 0 amide bonds. The van der Waals surface area contributed by atoms with Crippen molar-refractivity contribution in [2.45, 2.75) is 18.9 Å². The Hall–Kier alpha value is -1.01. The Balaban J connectivity index is 2.64. The molecular formula is C11H17FN2O2S. The maximum atomic E-state index is 13.5. The normalized spacial score (nSPS) is 13.6. The van der Waals surface area contributed by atoms with Crippen molar-refractivity contribution in [2.75, 3.05) is 19.1 Å². The molecule has 1 aromatic rings. The molecule has 0 spiro atoms. The first kappa shape index (κ1) is 14.1. The third kappa shape index (κ3) is 4.79. The minimum atomic E-state index is -2.96. The van der Waals surface area contributed by atoms with Gasteiger partial charge in [0.25, 0.3) is 0 Å². The van der Waals surface area contributed by atoms with Crippen LogP contribution in [-0.4, -0.2) is 32.5 Å². The SMILES string of the molecule is CNC(CCCS(C)(=O)=O)c1ncccc1F. The first-order valence-corrected chi connectivity index (χ1v) is 7.45. The Morgan fingerprint density at radius 1 is 1.53 bits per heavy atom. The van der Waals surface area contributed by atoms with Gasteiger partial charge in [0.15, 0.2) is 0 Å². The Bertz CT molecular complexity index is 462. The molecule has 1 unspecified atom stereocenters. The smallest absolute Gasteiger partial charge is 0.147 e. The summed E-state index contributed by atoms with van der Waals surface area (Å²) in [6, 6.07) is 2.63. The lowest BCUT2D eigenvalue weighted by Crippen LogP contribution is -2.20. The lowest BCUT2D eigenvalue weighted by atomic mass is 10.1. The average molecular weight is 260 g/mol. The molecule has 1 aromatic heterocycles. The number of hydrogen-bond acceptors (Lipinski definition) is 4. The molecule has 1 heterocycles. The summed E-state index contributed by atoms with van der Waals surface area (Å²) < 4.78 is 35.5. The topological polar surface area (TPSA) is 59.1 Å². The van der Waals surface area contributed by atoms with Gasteiger partial charge in [0.1, 0.15) is 15.7 Å². The highest BCUT2D eigenvalue weighted by molar-refractivity contribution is 7.90. The summed E-state index contributed by atoms with van der Waals surface area (Å²) in [4.78, 5) is 3.98. The zero-order chi connectivity index (χ0) is 12.9. The van der Waals surface area contributed by atoms with E-state index in [0.29, 0.717) is 18.5 Å². The van der Waals surface area contributed by atoms with Gasteiger partial charge in [0.2, 0.25) is 0 Å². The Morgan fingerprint density at radius 3 is 2.76 bits per heavy atom. The molecule has 1 N–H and O–H groups in total. The molecule has 4 nitrogen and oxygen atoms in total. The van der Waals surface area contributed by atoms with Gasteiger partial charge < -0.3 is 5.32 Å². The summed E-state index contributed by atoms with van der Waals surface area (Å²) in [5, 5.41) is 2.95. The molecule has 96 valence electrons. The zero-order valence-electron chi connectivity index (χ0n) is 9.98. The molecule has 0 fully saturated rings. The van der Waals surface area contributed by atoms with Crippen LogP contribution in [0.4, 0.5) is 4.39 Å². The predicted octanol–water partition coefficient (Wildman–Crippen LogP) is 1.31. The first-order chi connectivity index (χ1) is 7.94. The summed E-state index contributed by atoms with van der Waals surface area (Å²) >= 11 is 0. The maximum absolute atomic E-state index is 13.5. The van der Waals surface area contributed by atoms with E-state index in [2.05, 4.69) is 10.3 Å². The van der Waals surface area contributed by atoms with Gasteiger partial charge in [0.05, 0.1) is 11.7 Å². The second kappa shape index (κ2) is 6.07. The molecule has 0 aromatic carbocycles. The van der Waals surface area contributed by atoms with Crippen LogP contribution >= 0.6 is 0 Å². The number of nitrogens with zero attached hydrogens (tertiary/aromatic N) is 1. The molecule has 0 bridgehead atoms. The average Bonchev–Trinajstić information content (AvgIpc) is 2.24. The van der Waals surface area contributed by atoms with Gasteiger partial charge in [-0.2, -0.15) is 0 Å². The van der Waals surface area contributed by atoms with Gasteiger partial charge in [-0.05, 0) is 32.0 Å². The van der Waals surface area contributed by atoms with E-state index in [-0.39, 0.29) is 17.6 Å². The van der Waals surface area contributed by atoms with Crippen LogP contribution in [0.2, 0.25) is 0 Å². The number of hydrogen-bond donors (Lipinski definition) is 1. The summed E-state index contributed by atoms with van der Waals surface area (Å²) in [5.41, 5.74) is 0.337. The van der Waals surface area contributed by atoms with E-state index in [9.17, 15) is 12.8 Å². The third-order valence-electron chi connectivity index (χ3n) is 2.47. The number of halogens is 1. The van der Waals surface area contributed by atoms with E-state index < -0.39 is 9.84 Å². The summed E-state index contributed by atoms with van der Waals surface area (Å²) in [6.07, 6.45) is 3.75. The van der Waals surface area contributed by atoms with E-state index >= 15 is 0 Å². The number of nitrogens with one attached hydrogen (secondary N) is 1. The molecule has 1 atom stereocenters. The zero-order valence-corrected chi connectivity index (χ0v) is 10.8. The van der Waals surface area contributed by atoms with Crippen molar-refractivity contribution in [3.8, 4) is 0 Å². The highest BCUT2D eigenvalue weighted by Gasteiger charge is 2.15. The van der Waals surface area contributed by atoms with E-state index in [4.69, 9.17) is 0 Å². The van der Waals surface area contributed by atoms with Crippen LogP contribution in [0.15, 0.2) is 18.3 Å². The van der Waals surface area contributed by atoms with Crippen LogP contribution in [-0.2, 0) is 9.84 Å². The number of sulfone groups is 1. The van der Waals surface area contributed by atoms with Crippen molar-refractivity contribution in [3.05, 3.63) is 29.8 Å². The molecule has 0 saturated carbocycles. The standard InChI is InChI=1S/C11H17FN2O2S/c1-13-10(6-4-8-17(2,15)16)11-9(12)5-3-7-14-11/h3,5,7,10,13H,4,6,8H2,1-2H3. The lowest BCUT2D eigenvalue weighted by molar-refractivity contribution is 0.487. The van der Waals surface area contributed by atoms with E-state index in [1.54, 1.807) is 7.05 Å². The van der Waals surface area contributed by atoms with E-state index in [1.165, 1.54) is 24.6 Å². The molecule has 0 saturated heterocycles. The van der Waals surface area contributed by atoms with Crippen LogP contribution in [0, 0.1) is 5.82 Å². The van der Waals surface area contributed by atoms with Gasteiger partial charge >= 0.3 is 0 Å². The quantitative estimate of drug-likeness (QED) is 0.837. The summed E-state index contributed by atoms with van der Waals surface area (Å²) in [6.45, 7) is 0. The number of aromatic nitrogens is 1. The molecule has 0 aliphatic rings. The monoisotopic (exact) mass is 260 g/mol. The molecule has 17 heavy (non-hydrogen) atoms. The molecule has 0 aliphatic carbocycles. The van der Waals surface area contributed by atoms with Crippen molar-refractivity contribution in [1.82, 2.24) is 10.3 Å². The van der Waals surface area contributed by atoms with Crippen molar-refractivity contribution >= 4 is 9.84 Å². The van der Waals surface area contributed by atoms with Crippen LogP contribution in [0.5, 0.6) is 0 Å². The Kier molecular flexibility index (Phi) is 5.02. The fourth-order valence-electron chi connectivity index (χ4n) is 1.62. The Morgan fingerprint density at radius 2 is 2.24 bits per heavy atom. The minimum absolute atomic E-state index is 0.111.